The highest BCUT2D eigenvalue weighted by molar-refractivity contribution is 7.65. The van der Waals surface area contributed by atoms with E-state index < -0.39 is 19.3 Å². The van der Waals surface area contributed by atoms with E-state index in [4.69, 9.17) is 5.11 Å². The highest BCUT2D eigenvalue weighted by atomic mass is 31.2. The molecule has 0 aliphatic carbocycles. The number of carboxylic acid groups (broad SMARTS) is 1. The molecule has 2 aromatic rings. The van der Waals surface area contributed by atoms with Crippen LogP contribution in [0.2, 0.25) is 0 Å². The predicted molar refractivity (Wildman–Crippen MR) is 89.0 cm³/mol. The zero-order chi connectivity index (χ0) is 16.9. The summed E-state index contributed by atoms with van der Waals surface area (Å²) in [6, 6.07) is 12.4. The lowest BCUT2D eigenvalue weighted by atomic mass is 10.0. The normalized spacial score (nSPS) is 14.9. The van der Waals surface area contributed by atoms with Crippen molar-refractivity contribution >= 4 is 18.6 Å². The van der Waals surface area contributed by atoms with Gasteiger partial charge in [0.15, 0.2) is 0 Å². The highest BCUT2D eigenvalue weighted by Gasteiger charge is 2.26. The topological polar surface area (TPSA) is 87.5 Å². The van der Waals surface area contributed by atoms with E-state index in [-0.39, 0.29) is 6.16 Å². The van der Waals surface area contributed by atoms with Gasteiger partial charge in [-0.3, -0.25) is 14.3 Å². The zero-order valence-electron chi connectivity index (χ0n) is 12.9. The Labute approximate surface area is 135 Å². The summed E-state index contributed by atoms with van der Waals surface area (Å²) in [7, 11) is -3.60. The molecule has 1 aromatic carbocycles. The van der Waals surface area contributed by atoms with E-state index >= 15 is 0 Å². The molecule has 23 heavy (non-hydrogen) atoms. The van der Waals surface area contributed by atoms with Gasteiger partial charge >= 0.3 is 5.97 Å². The van der Waals surface area contributed by atoms with Crippen LogP contribution in [0.1, 0.15) is 24.6 Å². The molecular formula is C17H20NO4P. The Morgan fingerprint density at radius 3 is 2.57 bits per heavy atom. The van der Waals surface area contributed by atoms with E-state index in [1.54, 1.807) is 25.3 Å². The summed E-state index contributed by atoms with van der Waals surface area (Å²) in [6.07, 6.45) is 2.35. The Morgan fingerprint density at radius 2 is 1.91 bits per heavy atom. The van der Waals surface area contributed by atoms with Gasteiger partial charge in [-0.05, 0) is 30.5 Å². The van der Waals surface area contributed by atoms with Crippen molar-refractivity contribution in [1.82, 2.24) is 4.98 Å². The lowest BCUT2D eigenvalue weighted by molar-refractivity contribution is -0.141. The van der Waals surface area contributed by atoms with Gasteiger partial charge in [-0.1, -0.05) is 37.3 Å². The van der Waals surface area contributed by atoms with Crippen LogP contribution in [-0.4, -0.2) is 21.0 Å². The third kappa shape index (κ3) is 4.75. The standard InChI is InChI=1S/C17H20NO4P/c1-13(17(19)20)9-10-15-16(8-5-11-18-15)23(21,22)12-14-6-3-2-4-7-14/h2-8,11,13H,9-10,12H2,1H3,(H,19,20)(H,21,22). The Hall–Kier alpha value is -1.97. The van der Waals surface area contributed by atoms with Crippen LogP contribution in [0.4, 0.5) is 0 Å². The van der Waals surface area contributed by atoms with E-state index in [0.717, 1.165) is 5.56 Å². The average molecular weight is 333 g/mol. The minimum Gasteiger partial charge on any atom is -0.481 e. The van der Waals surface area contributed by atoms with Gasteiger partial charge in [-0.25, -0.2) is 0 Å². The lowest BCUT2D eigenvalue weighted by Crippen LogP contribution is -2.17. The van der Waals surface area contributed by atoms with Crippen LogP contribution in [0.3, 0.4) is 0 Å². The van der Waals surface area contributed by atoms with Crippen LogP contribution in [0.25, 0.3) is 0 Å². The van der Waals surface area contributed by atoms with Gasteiger partial charge in [0.05, 0.1) is 23.1 Å². The number of aryl methyl sites for hydroxylation is 1. The van der Waals surface area contributed by atoms with Crippen molar-refractivity contribution in [2.24, 2.45) is 5.92 Å². The number of hydrogen-bond acceptors (Lipinski definition) is 3. The predicted octanol–water partition coefficient (Wildman–Crippen LogP) is 2.83. The molecule has 0 aliphatic rings. The van der Waals surface area contributed by atoms with Crippen LogP contribution in [0.5, 0.6) is 0 Å². The molecule has 0 saturated carbocycles. The first kappa shape index (κ1) is 17.4. The summed E-state index contributed by atoms with van der Waals surface area (Å²) in [5.74, 6) is -1.39. The number of benzene rings is 1. The largest absolute Gasteiger partial charge is 0.481 e. The van der Waals surface area contributed by atoms with Crippen LogP contribution in [0, 0.1) is 5.92 Å². The maximum atomic E-state index is 12.8. The molecule has 0 spiro atoms. The number of hydrogen-bond donors (Lipinski definition) is 2. The van der Waals surface area contributed by atoms with Gasteiger partial charge in [0, 0.05) is 6.20 Å². The molecule has 0 saturated heterocycles. The third-order valence-corrected chi connectivity index (χ3v) is 5.67. The average Bonchev–Trinajstić information content (AvgIpc) is 2.53. The van der Waals surface area contributed by atoms with Gasteiger partial charge in [0.25, 0.3) is 0 Å². The quantitative estimate of drug-likeness (QED) is 0.761. The Balaban J connectivity index is 2.21. The molecule has 5 nitrogen and oxygen atoms in total. The van der Waals surface area contributed by atoms with Crippen molar-refractivity contribution < 1.29 is 19.4 Å². The second-order valence-corrected chi connectivity index (χ2v) is 7.79. The van der Waals surface area contributed by atoms with Gasteiger partial charge < -0.3 is 10.00 Å². The molecule has 2 atom stereocenters. The van der Waals surface area contributed by atoms with Crippen LogP contribution >= 0.6 is 7.37 Å². The minimum atomic E-state index is -3.60. The first-order valence-corrected chi connectivity index (χ1v) is 9.27. The number of aromatic nitrogens is 1. The molecular weight excluding hydrogens is 313 g/mol. The first-order valence-electron chi connectivity index (χ1n) is 7.43. The molecule has 0 amide bonds. The van der Waals surface area contributed by atoms with Crippen molar-refractivity contribution in [2.45, 2.75) is 25.9 Å². The molecule has 2 unspecified atom stereocenters. The molecule has 2 N–H and O–H groups in total. The minimum absolute atomic E-state index is 0.0427. The summed E-state index contributed by atoms with van der Waals surface area (Å²) in [6.45, 7) is 1.62. The number of aliphatic carboxylic acids is 1. The van der Waals surface area contributed by atoms with Gasteiger partial charge in [0.1, 0.15) is 0 Å². The highest BCUT2D eigenvalue weighted by Crippen LogP contribution is 2.44. The van der Waals surface area contributed by atoms with Crippen LogP contribution in [-0.2, 0) is 21.9 Å². The summed E-state index contributed by atoms with van der Waals surface area (Å²) >= 11 is 0. The summed E-state index contributed by atoms with van der Waals surface area (Å²) in [5.41, 5.74) is 1.29. The van der Waals surface area contributed by atoms with Gasteiger partial charge in [-0.2, -0.15) is 0 Å². The molecule has 0 fully saturated rings. The molecule has 122 valence electrons. The second kappa shape index (κ2) is 7.53. The number of rotatable bonds is 7. The Bertz CT molecular complexity index is 718. The second-order valence-electron chi connectivity index (χ2n) is 5.59. The van der Waals surface area contributed by atoms with Crippen LogP contribution < -0.4 is 5.30 Å². The van der Waals surface area contributed by atoms with Crippen molar-refractivity contribution in [3.8, 4) is 0 Å². The van der Waals surface area contributed by atoms with Crippen molar-refractivity contribution in [1.29, 1.82) is 0 Å². The lowest BCUT2D eigenvalue weighted by Gasteiger charge is -2.16. The molecule has 0 aliphatic heterocycles. The fraction of sp³-hybridized carbons (Fsp3) is 0.294. The molecule has 1 heterocycles. The van der Waals surface area contributed by atoms with E-state index in [1.165, 1.54) is 0 Å². The molecule has 0 bridgehead atoms. The number of carboxylic acids is 1. The molecule has 2 rings (SSSR count). The molecule has 6 heteroatoms. The number of nitrogens with zero attached hydrogens (tertiary/aromatic N) is 1. The van der Waals surface area contributed by atoms with Crippen molar-refractivity contribution in [2.75, 3.05) is 0 Å². The van der Waals surface area contributed by atoms with E-state index in [1.807, 2.05) is 30.3 Å². The van der Waals surface area contributed by atoms with E-state index in [9.17, 15) is 14.3 Å². The van der Waals surface area contributed by atoms with E-state index in [0.29, 0.717) is 23.8 Å². The molecule has 0 radical (unpaired) electrons. The third-order valence-electron chi connectivity index (χ3n) is 3.72. The van der Waals surface area contributed by atoms with Crippen molar-refractivity contribution in [3.63, 3.8) is 0 Å². The SMILES string of the molecule is CC(CCc1ncccc1P(=O)(O)Cc1ccccc1)C(=O)O. The number of pyridine rings is 1. The summed E-state index contributed by atoms with van der Waals surface area (Å²) < 4.78 is 12.8. The fourth-order valence-corrected chi connectivity index (χ4v) is 4.10. The van der Waals surface area contributed by atoms with Crippen LogP contribution in [0.15, 0.2) is 48.7 Å². The van der Waals surface area contributed by atoms with Gasteiger partial charge in [-0.15, -0.1) is 0 Å². The Kier molecular flexibility index (Phi) is 5.69. The Morgan fingerprint density at radius 1 is 1.22 bits per heavy atom. The summed E-state index contributed by atoms with van der Waals surface area (Å²) in [5, 5.41) is 9.28. The maximum absolute atomic E-state index is 12.8. The molecule has 1 aromatic heterocycles. The summed E-state index contributed by atoms with van der Waals surface area (Å²) in [4.78, 5) is 25.6. The number of carbonyl (C=O) groups is 1. The maximum Gasteiger partial charge on any atom is 0.306 e. The van der Waals surface area contributed by atoms with E-state index in [2.05, 4.69) is 4.98 Å². The zero-order valence-corrected chi connectivity index (χ0v) is 13.8. The van der Waals surface area contributed by atoms with Crippen molar-refractivity contribution in [3.05, 3.63) is 59.9 Å². The van der Waals surface area contributed by atoms with Gasteiger partial charge in [0.2, 0.25) is 7.37 Å². The fourth-order valence-electron chi connectivity index (χ4n) is 2.33. The smallest absolute Gasteiger partial charge is 0.306 e. The first-order chi connectivity index (χ1) is 10.9. The monoisotopic (exact) mass is 333 g/mol.